The molecule has 1 aliphatic rings. The molecule has 194 valence electrons. The Morgan fingerprint density at radius 3 is 2.28 bits per heavy atom. The number of benzene rings is 2. The number of unbranched alkanes of at least 4 members (excludes halogenated alkanes) is 1. The van der Waals surface area contributed by atoms with E-state index in [1.165, 1.54) is 0 Å². The maximum atomic E-state index is 13.3. The molecule has 36 heavy (non-hydrogen) atoms. The maximum Gasteiger partial charge on any atom is 0.295 e. The van der Waals surface area contributed by atoms with Crippen LogP contribution in [0.4, 0.5) is 0 Å². The number of methoxy groups -OCH3 is 1. The van der Waals surface area contributed by atoms with Gasteiger partial charge in [0.2, 0.25) is 0 Å². The molecule has 0 saturated carbocycles. The van der Waals surface area contributed by atoms with Gasteiger partial charge in [0.05, 0.1) is 25.3 Å². The third kappa shape index (κ3) is 5.90. The predicted octanol–water partition coefficient (Wildman–Crippen LogP) is 4.95. The van der Waals surface area contributed by atoms with E-state index in [1.807, 2.05) is 31.2 Å². The third-order valence-corrected chi connectivity index (χ3v) is 6.74. The second kappa shape index (κ2) is 12.6. The number of aliphatic hydroxyl groups excluding tert-OH is 1. The zero-order valence-electron chi connectivity index (χ0n) is 22.0. The average molecular weight is 495 g/mol. The summed E-state index contributed by atoms with van der Waals surface area (Å²) in [5, 5.41) is 11.4. The maximum absolute atomic E-state index is 13.3. The van der Waals surface area contributed by atoms with Crippen LogP contribution < -0.4 is 9.47 Å². The smallest absolute Gasteiger partial charge is 0.295 e. The molecule has 1 unspecified atom stereocenters. The molecule has 7 nitrogen and oxygen atoms in total. The van der Waals surface area contributed by atoms with E-state index >= 15 is 0 Å². The lowest BCUT2D eigenvalue weighted by Crippen LogP contribution is -2.38. The lowest BCUT2D eigenvalue weighted by Gasteiger charge is -2.28. The van der Waals surface area contributed by atoms with Crippen LogP contribution in [-0.4, -0.2) is 66.5 Å². The molecule has 3 rings (SSSR count). The molecular weight excluding hydrogens is 456 g/mol. The van der Waals surface area contributed by atoms with Gasteiger partial charge >= 0.3 is 0 Å². The molecule has 0 aromatic heterocycles. The fourth-order valence-corrected chi connectivity index (χ4v) is 4.50. The largest absolute Gasteiger partial charge is 0.507 e. The molecule has 1 fully saturated rings. The van der Waals surface area contributed by atoms with Gasteiger partial charge in [-0.1, -0.05) is 39.3 Å². The SMILES string of the molecule is CCCCOc1ccc(C2/C(=C(\O)c3ccc(OC)cc3C)C(=O)C(=O)N2CCN(CC)CC)cc1. The summed E-state index contributed by atoms with van der Waals surface area (Å²) in [6.45, 7) is 11.4. The number of ether oxygens (including phenoxy) is 2. The minimum atomic E-state index is -0.688. The van der Waals surface area contributed by atoms with Crippen LogP contribution in [0.3, 0.4) is 0 Å². The lowest BCUT2D eigenvalue weighted by atomic mass is 9.94. The first-order chi connectivity index (χ1) is 17.4. The Bertz CT molecular complexity index is 1090. The minimum Gasteiger partial charge on any atom is -0.507 e. The molecule has 1 atom stereocenters. The standard InChI is InChI=1S/C29H38N2O5/c1-6-9-18-36-22-12-10-21(11-13-22)26-25(27(32)24-15-14-23(35-5)19-20(24)4)28(33)29(34)31(26)17-16-30(7-2)8-3/h10-15,19,26,32H,6-9,16-18H2,1-5H3/b27-25+. The molecule has 1 amide bonds. The number of rotatable bonds is 12. The number of likely N-dealkylation sites (N-methyl/N-ethyl adjacent to an activating group) is 1. The summed E-state index contributed by atoms with van der Waals surface area (Å²) in [7, 11) is 1.57. The molecule has 2 aromatic carbocycles. The van der Waals surface area contributed by atoms with E-state index < -0.39 is 17.7 Å². The molecule has 1 aliphatic heterocycles. The second-order valence-electron chi connectivity index (χ2n) is 8.97. The van der Waals surface area contributed by atoms with Crippen molar-refractivity contribution in [3.63, 3.8) is 0 Å². The summed E-state index contributed by atoms with van der Waals surface area (Å²) < 4.78 is 11.1. The fraction of sp³-hybridized carbons (Fsp3) is 0.448. The summed E-state index contributed by atoms with van der Waals surface area (Å²) in [5.74, 6) is -0.0528. The Morgan fingerprint density at radius 1 is 1.03 bits per heavy atom. The number of ketones is 1. The van der Waals surface area contributed by atoms with Crippen molar-refractivity contribution in [3.05, 3.63) is 64.7 Å². The topological polar surface area (TPSA) is 79.3 Å². The van der Waals surface area contributed by atoms with Gasteiger partial charge in [-0.15, -0.1) is 0 Å². The van der Waals surface area contributed by atoms with Crippen molar-refractivity contribution < 1.29 is 24.2 Å². The van der Waals surface area contributed by atoms with Crippen molar-refractivity contribution in [1.82, 2.24) is 9.80 Å². The Labute approximate surface area is 214 Å². The van der Waals surface area contributed by atoms with Crippen molar-refractivity contribution in [2.45, 2.75) is 46.6 Å². The van der Waals surface area contributed by atoms with Crippen molar-refractivity contribution in [1.29, 1.82) is 0 Å². The molecule has 0 radical (unpaired) electrons. The number of carbonyl (C=O) groups is 2. The van der Waals surface area contributed by atoms with Gasteiger partial charge < -0.3 is 24.4 Å². The number of carbonyl (C=O) groups excluding carboxylic acids is 2. The molecule has 1 N–H and O–H groups in total. The van der Waals surface area contributed by atoms with Crippen LogP contribution in [0.25, 0.3) is 5.76 Å². The number of Topliss-reactive ketones (excluding diaryl/α,β-unsaturated/α-hetero) is 1. The van der Waals surface area contributed by atoms with Crippen LogP contribution >= 0.6 is 0 Å². The highest BCUT2D eigenvalue weighted by molar-refractivity contribution is 6.46. The molecule has 0 spiro atoms. The van der Waals surface area contributed by atoms with Crippen LogP contribution in [0.1, 0.15) is 56.3 Å². The average Bonchev–Trinajstić information content (AvgIpc) is 3.14. The van der Waals surface area contributed by atoms with Gasteiger partial charge in [-0.2, -0.15) is 0 Å². The van der Waals surface area contributed by atoms with Gasteiger partial charge in [-0.25, -0.2) is 0 Å². The summed E-state index contributed by atoms with van der Waals surface area (Å²) in [6.07, 6.45) is 2.01. The predicted molar refractivity (Wildman–Crippen MR) is 141 cm³/mol. The van der Waals surface area contributed by atoms with Gasteiger partial charge in [0.15, 0.2) is 0 Å². The molecule has 2 aromatic rings. The van der Waals surface area contributed by atoms with Crippen LogP contribution in [0, 0.1) is 6.92 Å². The van der Waals surface area contributed by atoms with E-state index in [-0.39, 0.29) is 11.3 Å². The van der Waals surface area contributed by atoms with Gasteiger partial charge in [-0.3, -0.25) is 9.59 Å². The van der Waals surface area contributed by atoms with E-state index in [4.69, 9.17) is 9.47 Å². The third-order valence-electron chi connectivity index (χ3n) is 6.74. The van der Waals surface area contributed by atoms with Crippen LogP contribution in [0.2, 0.25) is 0 Å². The Kier molecular flexibility index (Phi) is 9.53. The van der Waals surface area contributed by atoms with E-state index in [0.29, 0.717) is 31.0 Å². The highest BCUT2D eigenvalue weighted by atomic mass is 16.5. The van der Waals surface area contributed by atoms with Crippen LogP contribution in [0.15, 0.2) is 48.0 Å². The number of nitrogens with zero attached hydrogens (tertiary/aromatic N) is 2. The normalized spacial score (nSPS) is 17.2. The van der Waals surface area contributed by atoms with Gasteiger partial charge in [-0.05, 0) is 67.9 Å². The van der Waals surface area contributed by atoms with Crippen molar-refractivity contribution >= 4 is 17.4 Å². The van der Waals surface area contributed by atoms with E-state index in [9.17, 15) is 14.7 Å². The Morgan fingerprint density at radius 2 is 1.69 bits per heavy atom. The van der Waals surface area contributed by atoms with Crippen molar-refractivity contribution in [2.24, 2.45) is 0 Å². The highest BCUT2D eigenvalue weighted by Crippen LogP contribution is 2.40. The Balaban J connectivity index is 2.05. The van der Waals surface area contributed by atoms with E-state index in [1.54, 1.807) is 30.2 Å². The first-order valence-corrected chi connectivity index (χ1v) is 12.7. The van der Waals surface area contributed by atoms with Gasteiger partial charge in [0.25, 0.3) is 11.7 Å². The first kappa shape index (κ1) is 27.3. The van der Waals surface area contributed by atoms with Crippen molar-refractivity contribution in [2.75, 3.05) is 39.9 Å². The number of hydrogen-bond acceptors (Lipinski definition) is 6. The van der Waals surface area contributed by atoms with Gasteiger partial charge in [0, 0.05) is 18.7 Å². The zero-order chi connectivity index (χ0) is 26.2. The number of amides is 1. The summed E-state index contributed by atoms with van der Waals surface area (Å²) in [6, 6.07) is 12.0. The summed E-state index contributed by atoms with van der Waals surface area (Å²) in [5.41, 5.74) is 2.11. The quantitative estimate of drug-likeness (QED) is 0.195. The minimum absolute atomic E-state index is 0.104. The van der Waals surface area contributed by atoms with Crippen LogP contribution in [-0.2, 0) is 9.59 Å². The molecular formula is C29H38N2O5. The molecule has 1 heterocycles. The molecule has 7 heteroatoms. The van der Waals surface area contributed by atoms with Crippen molar-refractivity contribution in [3.8, 4) is 11.5 Å². The summed E-state index contributed by atoms with van der Waals surface area (Å²) in [4.78, 5) is 30.3. The summed E-state index contributed by atoms with van der Waals surface area (Å²) >= 11 is 0. The number of aryl methyl sites for hydroxylation is 1. The lowest BCUT2D eigenvalue weighted by molar-refractivity contribution is -0.140. The number of aliphatic hydroxyl groups is 1. The zero-order valence-corrected chi connectivity index (χ0v) is 22.0. The molecule has 0 aliphatic carbocycles. The number of hydrogen-bond donors (Lipinski definition) is 1. The molecule has 0 bridgehead atoms. The van der Waals surface area contributed by atoms with E-state index in [2.05, 4.69) is 25.7 Å². The van der Waals surface area contributed by atoms with Gasteiger partial charge in [0.1, 0.15) is 17.3 Å². The Hall–Kier alpha value is -3.32. The highest BCUT2D eigenvalue weighted by Gasteiger charge is 2.46. The monoisotopic (exact) mass is 494 g/mol. The second-order valence-corrected chi connectivity index (χ2v) is 8.97. The molecule has 1 saturated heterocycles. The first-order valence-electron chi connectivity index (χ1n) is 12.7. The van der Waals surface area contributed by atoms with E-state index in [0.717, 1.165) is 42.8 Å². The van der Waals surface area contributed by atoms with Crippen LogP contribution in [0.5, 0.6) is 11.5 Å². The fourth-order valence-electron chi connectivity index (χ4n) is 4.50. The number of likely N-dealkylation sites (tertiary alicyclic amines) is 1.